The Morgan fingerprint density at radius 1 is 1.31 bits per heavy atom. The van der Waals surface area contributed by atoms with Crippen LogP contribution in [0, 0.1) is 0 Å². The van der Waals surface area contributed by atoms with Gasteiger partial charge < -0.3 is 10.1 Å². The van der Waals surface area contributed by atoms with E-state index in [4.69, 9.17) is 4.74 Å². The Morgan fingerprint density at radius 2 is 1.75 bits per heavy atom. The van der Waals surface area contributed by atoms with Crippen molar-refractivity contribution in [1.82, 2.24) is 5.32 Å². The lowest BCUT2D eigenvalue weighted by Crippen LogP contribution is -2.59. The standard InChI is InChI=1S/C12H22INO2/c1-8(13)10(15)16-9-6-11(2,3)14-12(4,5)7-9/h8-9,14H,6-7H2,1-5H3. The van der Waals surface area contributed by atoms with Crippen LogP contribution in [0.1, 0.15) is 47.5 Å². The number of rotatable bonds is 2. The number of hydrogen-bond acceptors (Lipinski definition) is 3. The third kappa shape index (κ3) is 4.20. The summed E-state index contributed by atoms with van der Waals surface area (Å²) in [6.45, 7) is 10.5. The van der Waals surface area contributed by atoms with Gasteiger partial charge in [-0.3, -0.25) is 4.79 Å². The molecule has 0 saturated carbocycles. The molecule has 1 rings (SSSR count). The molecule has 0 aromatic carbocycles. The number of ether oxygens (including phenoxy) is 1. The molecule has 1 N–H and O–H groups in total. The third-order valence-electron chi connectivity index (χ3n) is 2.76. The summed E-state index contributed by atoms with van der Waals surface area (Å²) < 4.78 is 5.47. The number of esters is 1. The molecule has 16 heavy (non-hydrogen) atoms. The molecule has 1 saturated heterocycles. The first-order valence-corrected chi connectivity index (χ1v) is 7.00. The predicted molar refractivity (Wildman–Crippen MR) is 73.9 cm³/mol. The van der Waals surface area contributed by atoms with E-state index in [2.05, 4.69) is 55.6 Å². The first-order chi connectivity index (χ1) is 7.11. The molecular weight excluding hydrogens is 317 g/mol. The molecule has 0 aromatic rings. The summed E-state index contributed by atoms with van der Waals surface area (Å²) in [5, 5.41) is 3.57. The molecule has 0 radical (unpaired) electrons. The quantitative estimate of drug-likeness (QED) is 0.478. The largest absolute Gasteiger partial charge is 0.461 e. The number of carbonyl (C=O) groups excluding carboxylic acids is 1. The molecule has 0 bridgehead atoms. The number of hydrogen-bond donors (Lipinski definition) is 1. The van der Waals surface area contributed by atoms with E-state index >= 15 is 0 Å². The predicted octanol–water partition coefficient (Wildman–Crippen LogP) is 2.66. The summed E-state index contributed by atoms with van der Waals surface area (Å²) in [6.07, 6.45) is 1.80. The molecule has 0 amide bonds. The van der Waals surface area contributed by atoms with E-state index in [1.165, 1.54) is 0 Å². The van der Waals surface area contributed by atoms with E-state index in [9.17, 15) is 4.79 Å². The molecule has 3 nitrogen and oxygen atoms in total. The molecule has 0 spiro atoms. The molecule has 1 fully saturated rings. The number of alkyl halides is 1. The van der Waals surface area contributed by atoms with Gasteiger partial charge in [0.05, 0.1) is 0 Å². The Morgan fingerprint density at radius 3 is 2.12 bits per heavy atom. The van der Waals surface area contributed by atoms with E-state index in [1.54, 1.807) is 0 Å². The Hall–Kier alpha value is 0.160. The second-order valence-corrected chi connectivity index (χ2v) is 7.84. The maximum atomic E-state index is 11.6. The molecule has 0 aromatic heterocycles. The highest BCUT2D eigenvalue weighted by atomic mass is 127. The van der Waals surface area contributed by atoms with Crippen molar-refractivity contribution < 1.29 is 9.53 Å². The fourth-order valence-electron chi connectivity index (χ4n) is 2.57. The first-order valence-electron chi connectivity index (χ1n) is 5.75. The van der Waals surface area contributed by atoms with Gasteiger partial charge in [0.1, 0.15) is 10.0 Å². The van der Waals surface area contributed by atoms with E-state index in [0.717, 1.165) is 12.8 Å². The molecule has 0 aliphatic carbocycles. The van der Waals surface area contributed by atoms with Crippen LogP contribution in [0.3, 0.4) is 0 Å². The normalized spacial score (nSPS) is 26.1. The summed E-state index contributed by atoms with van der Waals surface area (Å²) in [5.74, 6) is -0.0981. The van der Waals surface area contributed by atoms with Crippen molar-refractivity contribution in [2.75, 3.05) is 0 Å². The van der Waals surface area contributed by atoms with E-state index < -0.39 is 0 Å². The molecule has 4 heteroatoms. The lowest BCUT2D eigenvalue weighted by Gasteiger charge is -2.46. The van der Waals surface area contributed by atoms with Gasteiger partial charge in [-0.1, -0.05) is 22.6 Å². The maximum absolute atomic E-state index is 11.6. The van der Waals surface area contributed by atoms with Crippen molar-refractivity contribution in [2.45, 2.75) is 68.6 Å². The van der Waals surface area contributed by atoms with E-state index in [0.29, 0.717) is 0 Å². The monoisotopic (exact) mass is 339 g/mol. The van der Waals surface area contributed by atoms with Crippen LogP contribution >= 0.6 is 22.6 Å². The summed E-state index contributed by atoms with van der Waals surface area (Å²) in [7, 11) is 0. The van der Waals surface area contributed by atoms with Gasteiger partial charge in [-0.25, -0.2) is 0 Å². The SMILES string of the molecule is CC(I)C(=O)OC1CC(C)(C)NC(C)(C)C1. The van der Waals surface area contributed by atoms with Crippen molar-refractivity contribution >= 4 is 28.6 Å². The topological polar surface area (TPSA) is 38.3 Å². The maximum Gasteiger partial charge on any atom is 0.318 e. The number of halogens is 1. The summed E-state index contributed by atoms with van der Waals surface area (Å²) in [4.78, 5) is 11.6. The summed E-state index contributed by atoms with van der Waals surface area (Å²) in [5.41, 5.74) is 0.0580. The summed E-state index contributed by atoms with van der Waals surface area (Å²) >= 11 is 2.09. The Balaban J connectivity index is 2.64. The second kappa shape index (κ2) is 4.80. The fourth-order valence-corrected chi connectivity index (χ4v) is 2.72. The summed E-state index contributed by atoms with van der Waals surface area (Å²) in [6, 6.07) is 0. The van der Waals surface area contributed by atoms with Crippen LogP contribution in [0.5, 0.6) is 0 Å². The van der Waals surface area contributed by atoms with Crippen LogP contribution in [-0.2, 0) is 9.53 Å². The Labute approximate surface area is 112 Å². The van der Waals surface area contributed by atoms with Gasteiger partial charge in [-0.15, -0.1) is 0 Å². The van der Waals surface area contributed by atoms with Crippen LogP contribution in [-0.4, -0.2) is 27.1 Å². The van der Waals surface area contributed by atoms with Gasteiger partial charge in [-0.05, 0) is 34.6 Å². The van der Waals surface area contributed by atoms with Crippen molar-refractivity contribution in [3.63, 3.8) is 0 Å². The molecule has 1 heterocycles. The molecular formula is C12H22INO2. The minimum atomic E-state index is -0.0981. The van der Waals surface area contributed by atoms with Gasteiger partial charge in [-0.2, -0.15) is 0 Å². The average Bonchev–Trinajstić information content (AvgIpc) is 1.96. The fraction of sp³-hybridized carbons (Fsp3) is 0.917. The number of nitrogens with one attached hydrogen (secondary N) is 1. The van der Waals surface area contributed by atoms with Crippen molar-refractivity contribution in [1.29, 1.82) is 0 Å². The highest BCUT2D eigenvalue weighted by molar-refractivity contribution is 14.1. The molecule has 1 atom stereocenters. The zero-order valence-electron chi connectivity index (χ0n) is 10.8. The van der Waals surface area contributed by atoms with Crippen molar-refractivity contribution in [3.8, 4) is 0 Å². The van der Waals surface area contributed by atoms with Crippen LogP contribution in [0.15, 0.2) is 0 Å². The minimum absolute atomic E-state index is 0.0290. The number of carbonyl (C=O) groups is 1. The molecule has 94 valence electrons. The molecule has 1 aliphatic rings. The zero-order valence-corrected chi connectivity index (χ0v) is 12.9. The van der Waals surface area contributed by atoms with Gasteiger partial charge in [0.15, 0.2) is 0 Å². The van der Waals surface area contributed by atoms with Crippen molar-refractivity contribution in [3.05, 3.63) is 0 Å². The van der Waals surface area contributed by atoms with Gasteiger partial charge in [0.25, 0.3) is 0 Å². The van der Waals surface area contributed by atoms with Crippen LogP contribution < -0.4 is 5.32 Å². The van der Waals surface area contributed by atoms with E-state index in [-0.39, 0.29) is 27.1 Å². The Kier molecular flexibility index (Phi) is 4.27. The lowest BCUT2D eigenvalue weighted by molar-refractivity contribution is -0.151. The molecule has 1 aliphatic heterocycles. The zero-order chi connectivity index (χ0) is 12.6. The molecule has 1 unspecified atom stereocenters. The van der Waals surface area contributed by atoms with Gasteiger partial charge in [0, 0.05) is 23.9 Å². The number of piperidine rings is 1. The van der Waals surface area contributed by atoms with Gasteiger partial charge in [0.2, 0.25) is 0 Å². The average molecular weight is 339 g/mol. The van der Waals surface area contributed by atoms with Crippen molar-refractivity contribution in [2.24, 2.45) is 0 Å². The van der Waals surface area contributed by atoms with E-state index in [1.807, 2.05) is 6.92 Å². The highest BCUT2D eigenvalue weighted by Crippen LogP contribution is 2.30. The smallest absolute Gasteiger partial charge is 0.318 e. The second-order valence-electron chi connectivity index (χ2n) is 5.98. The van der Waals surface area contributed by atoms with Gasteiger partial charge >= 0.3 is 5.97 Å². The third-order valence-corrected chi connectivity index (χ3v) is 3.27. The Bertz CT molecular complexity index is 258. The minimum Gasteiger partial charge on any atom is -0.461 e. The van der Waals surface area contributed by atoms with Crippen LogP contribution in [0.25, 0.3) is 0 Å². The van der Waals surface area contributed by atoms with Crippen LogP contribution in [0.4, 0.5) is 0 Å². The highest BCUT2D eigenvalue weighted by Gasteiger charge is 2.39. The lowest BCUT2D eigenvalue weighted by atomic mass is 9.81. The van der Waals surface area contributed by atoms with Crippen LogP contribution in [0.2, 0.25) is 0 Å². The first kappa shape index (κ1) is 14.2.